The molecule has 1 amide bonds. The van der Waals surface area contributed by atoms with Gasteiger partial charge in [0.1, 0.15) is 6.61 Å². The molecule has 1 fully saturated rings. The predicted molar refractivity (Wildman–Crippen MR) is 98.0 cm³/mol. The Balaban J connectivity index is 1.68. The molecule has 1 saturated carbocycles. The Labute approximate surface area is 155 Å². The van der Waals surface area contributed by atoms with Crippen LogP contribution in [-0.4, -0.2) is 30.1 Å². The Bertz CT molecular complexity index is 657. The number of fused-ring (bicyclic) bond motifs is 1. The minimum Gasteiger partial charge on any atom is -0.469 e. The van der Waals surface area contributed by atoms with E-state index in [1.54, 1.807) is 4.90 Å². The molecule has 1 heterocycles. The summed E-state index contributed by atoms with van der Waals surface area (Å²) in [5.74, 6) is 0.808. The van der Waals surface area contributed by atoms with Crippen molar-refractivity contribution in [2.24, 2.45) is 17.8 Å². The lowest BCUT2D eigenvalue weighted by molar-refractivity contribution is -0.143. The molecule has 0 saturated heterocycles. The highest BCUT2D eigenvalue weighted by Gasteiger charge is 2.42. The molecule has 2 aliphatic rings. The van der Waals surface area contributed by atoms with Gasteiger partial charge in [0.15, 0.2) is 0 Å². The third-order valence-electron chi connectivity index (χ3n) is 5.55. The van der Waals surface area contributed by atoms with Crippen molar-refractivity contribution in [1.82, 2.24) is 4.90 Å². The number of rotatable bonds is 4. The number of methoxy groups -OCH3 is 1. The summed E-state index contributed by atoms with van der Waals surface area (Å²) in [5, 5.41) is 0. The van der Waals surface area contributed by atoms with E-state index in [2.05, 4.69) is 6.92 Å². The van der Waals surface area contributed by atoms with Crippen molar-refractivity contribution in [3.8, 4) is 0 Å². The summed E-state index contributed by atoms with van der Waals surface area (Å²) >= 11 is 0. The number of allylic oxidation sites excluding steroid dienone is 1. The largest absolute Gasteiger partial charge is 0.469 e. The molecular weight excluding hydrogens is 330 g/mol. The quantitative estimate of drug-likeness (QED) is 0.760. The lowest BCUT2D eigenvalue weighted by Gasteiger charge is -2.46. The van der Waals surface area contributed by atoms with Crippen molar-refractivity contribution < 1.29 is 19.1 Å². The zero-order chi connectivity index (χ0) is 18.5. The smallest absolute Gasteiger partial charge is 0.414 e. The van der Waals surface area contributed by atoms with E-state index >= 15 is 0 Å². The standard InChI is InChI=1S/C21H27NO4/c1-15-11-17(13-20(23)25-2)18-9-6-10-22(19(18)12-15)21(24)26-14-16-7-4-3-5-8-16/h3-8,10,15,17-19H,9,11-14H2,1-2H3/t15-,17+,18-,19+/m1/s1. The minimum atomic E-state index is -0.314. The van der Waals surface area contributed by atoms with Crippen LogP contribution in [0.5, 0.6) is 0 Å². The van der Waals surface area contributed by atoms with E-state index < -0.39 is 0 Å². The fraction of sp³-hybridized carbons (Fsp3) is 0.524. The van der Waals surface area contributed by atoms with Gasteiger partial charge in [-0.25, -0.2) is 4.79 Å². The van der Waals surface area contributed by atoms with Crippen molar-refractivity contribution in [3.05, 3.63) is 48.2 Å². The molecular formula is C21H27NO4. The number of esters is 1. The second-order valence-electron chi connectivity index (χ2n) is 7.42. The van der Waals surface area contributed by atoms with E-state index in [4.69, 9.17) is 9.47 Å². The zero-order valence-electron chi connectivity index (χ0n) is 15.5. The Morgan fingerprint density at radius 3 is 2.69 bits per heavy atom. The molecule has 0 bridgehead atoms. The lowest BCUT2D eigenvalue weighted by Crippen LogP contribution is -2.49. The van der Waals surface area contributed by atoms with Crippen molar-refractivity contribution >= 4 is 12.1 Å². The normalized spacial score (nSPS) is 27.5. The summed E-state index contributed by atoms with van der Waals surface area (Å²) in [6, 6.07) is 9.77. The number of amides is 1. The van der Waals surface area contributed by atoms with Gasteiger partial charge < -0.3 is 9.47 Å². The summed E-state index contributed by atoms with van der Waals surface area (Å²) in [4.78, 5) is 26.2. The number of nitrogens with zero attached hydrogens (tertiary/aromatic N) is 1. The molecule has 0 spiro atoms. The maximum Gasteiger partial charge on any atom is 0.414 e. The maximum atomic E-state index is 12.7. The van der Waals surface area contributed by atoms with Crippen LogP contribution in [0.1, 0.15) is 38.2 Å². The first kappa shape index (κ1) is 18.5. The average molecular weight is 357 g/mol. The van der Waals surface area contributed by atoms with E-state index in [1.165, 1.54) is 7.11 Å². The van der Waals surface area contributed by atoms with Crippen LogP contribution in [-0.2, 0) is 20.9 Å². The summed E-state index contributed by atoms with van der Waals surface area (Å²) in [7, 11) is 1.43. The molecule has 5 nitrogen and oxygen atoms in total. The van der Waals surface area contributed by atoms with Crippen LogP contribution in [0.15, 0.2) is 42.6 Å². The molecule has 1 aliphatic carbocycles. The SMILES string of the molecule is COC(=O)C[C@@H]1C[C@@H](C)C[C@H]2[C@@H]1CC=CN2C(=O)OCc1ccccc1. The van der Waals surface area contributed by atoms with Gasteiger partial charge in [-0.15, -0.1) is 0 Å². The van der Waals surface area contributed by atoms with Gasteiger partial charge in [-0.05, 0) is 42.6 Å². The molecule has 1 aliphatic heterocycles. The monoisotopic (exact) mass is 357 g/mol. The van der Waals surface area contributed by atoms with E-state index in [-0.39, 0.29) is 36.5 Å². The molecule has 4 atom stereocenters. The molecule has 0 aromatic heterocycles. The van der Waals surface area contributed by atoms with Crippen LogP contribution in [0, 0.1) is 17.8 Å². The van der Waals surface area contributed by atoms with Gasteiger partial charge in [0.2, 0.25) is 0 Å². The van der Waals surface area contributed by atoms with Crippen LogP contribution >= 0.6 is 0 Å². The molecule has 3 rings (SSSR count). The highest BCUT2D eigenvalue weighted by Crippen LogP contribution is 2.42. The van der Waals surface area contributed by atoms with Crippen molar-refractivity contribution in [3.63, 3.8) is 0 Å². The van der Waals surface area contributed by atoms with Crippen LogP contribution < -0.4 is 0 Å². The number of ether oxygens (including phenoxy) is 2. The Morgan fingerprint density at radius 1 is 1.19 bits per heavy atom. The van der Waals surface area contributed by atoms with Crippen molar-refractivity contribution in [1.29, 1.82) is 0 Å². The van der Waals surface area contributed by atoms with Gasteiger partial charge in [0.05, 0.1) is 7.11 Å². The highest BCUT2D eigenvalue weighted by atomic mass is 16.6. The molecule has 0 N–H and O–H groups in total. The van der Waals surface area contributed by atoms with Crippen LogP contribution in [0.3, 0.4) is 0 Å². The molecule has 5 heteroatoms. The Kier molecular flexibility index (Phi) is 5.96. The second-order valence-corrected chi connectivity index (χ2v) is 7.42. The number of benzene rings is 1. The fourth-order valence-electron chi connectivity index (χ4n) is 4.32. The van der Waals surface area contributed by atoms with Crippen LogP contribution in [0.2, 0.25) is 0 Å². The first-order valence-electron chi connectivity index (χ1n) is 9.31. The van der Waals surface area contributed by atoms with Gasteiger partial charge in [-0.1, -0.05) is 43.3 Å². The molecule has 1 aromatic carbocycles. The van der Waals surface area contributed by atoms with Gasteiger partial charge in [0, 0.05) is 18.7 Å². The zero-order valence-corrected chi connectivity index (χ0v) is 15.5. The summed E-state index contributed by atoms with van der Waals surface area (Å²) < 4.78 is 10.4. The maximum absolute atomic E-state index is 12.7. The van der Waals surface area contributed by atoms with E-state index in [1.807, 2.05) is 42.6 Å². The van der Waals surface area contributed by atoms with E-state index in [9.17, 15) is 9.59 Å². The van der Waals surface area contributed by atoms with Crippen LogP contribution in [0.25, 0.3) is 0 Å². The Morgan fingerprint density at radius 2 is 1.96 bits per heavy atom. The number of carbonyl (C=O) groups is 2. The fourth-order valence-corrected chi connectivity index (χ4v) is 4.32. The van der Waals surface area contributed by atoms with Gasteiger partial charge >= 0.3 is 12.1 Å². The average Bonchev–Trinajstić information content (AvgIpc) is 2.66. The molecule has 0 radical (unpaired) electrons. The van der Waals surface area contributed by atoms with E-state index in [0.717, 1.165) is 24.8 Å². The summed E-state index contributed by atoms with van der Waals surface area (Å²) in [6.45, 7) is 2.45. The van der Waals surface area contributed by atoms with Gasteiger partial charge in [0.25, 0.3) is 0 Å². The molecule has 26 heavy (non-hydrogen) atoms. The molecule has 1 aromatic rings. The van der Waals surface area contributed by atoms with Crippen molar-refractivity contribution in [2.45, 2.75) is 45.3 Å². The predicted octanol–water partition coefficient (Wildman–Crippen LogP) is 4.14. The van der Waals surface area contributed by atoms with Gasteiger partial charge in [-0.3, -0.25) is 9.69 Å². The van der Waals surface area contributed by atoms with Crippen molar-refractivity contribution in [2.75, 3.05) is 7.11 Å². The Hall–Kier alpha value is -2.30. The van der Waals surface area contributed by atoms with E-state index in [0.29, 0.717) is 12.3 Å². The van der Waals surface area contributed by atoms with Gasteiger partial charge in [-0.2, -0.15) is 0 Å². The number of hydrogen-bond donors (Lipinski definition) is 0. The third kappa shape index (κ3) is 4.26. The third-order valence-corrected chi connectivity index (χ3v) is 5.55. The number of carbonyl (C=O) groups excluding carboxylic acids is 2. The first-order valence-corrected chi connectivity index (χ1v) is 9.31. The topological polar surface area (TPSA) is 55.8 Å². The lowest BCUT2D eigenvalue weighted by atomic mass is 9.68. The van der Waals surface area contributed by atoms with Crippen LogP contribution in [0.4, 0.5) is 4.79 Å². The minimum absolute atomic E-state index is 0.0849. The first-order chi connectivity index (χ1) is 12.6. The summed E-state index contributed by atoms with van der Waals surface area (Å²) in [5.41, 5.74) is 0.971. The molecule has 140 valence electrons. The highest BCUT2D eigenvalue weighted by molar-refractivity contribution is 5.70. The second kappa shape index (κ2) is 8.39. The summed E-state index contributed by atoms with van der Waals surface area (Å²) in [6.07, 6.45) is 6.80. The molecule has 0 unspecified atom stereocenters. The number of hydrogen-bond acceptors (Lipinski definition) is 4.